The van der Waals surface area contributed by atoms with Gasteiger partial charge in [0.2, 0.25) is 0 Å². The van der Waals surface area contributed by atoms with E-state index in [1.165, 1.54) is 6.92 Å². The second kappa shape index (κ2) is 7.68. The van der Waals surface area contributed by atoms with Crippen LogP contribution in [0.3, 0.4) is 0 Å². The van der Waals surface area contributed by atoms with Gasteiger partial charge in [0.25, 0.3) is 5.91 Å². The normalized spacial score (nSPS) is 11.7. The number of ether oxygens (including phenoxy) is 1. The van der Waals surface area contributed by atoms with E-state index in [0.717, 1.165) is 29.3 Å². The van der Waals surface area contributed by atoms with Gasteiger partial charge < -0.3 is 10.1 Å². The molecule has 0 spiro atoms. The average Bonchev–Trinajstić information content (AvgIpc) is 2.53. The van der Waals surface area contributed by atoms with Crippen LogP contribution < -0.4 is 5.32 Å². The molecule has 24 heavy (non-hydrogen) atoms. The van der Waals surface area contributed by atoms with Gasteiger partial charge in [0.1, 0.15) is 11.6 Å². The van der Waals surface area contributed by atoms with E-state index in [1.54, 1.807) is 12.1 Å². The van der Waals surface area contributed by atoms with Crippen molar-refractivity contribution < 1.29 is 23.1 Å². The van der Waals surface area contributed by atoms with Gasteiger partial charge in [0.05, 0.1) is 12.1 Å². The molecule has 0 aliphatic heterocycles. The number of esters is 1. The Labute approximate surface area is 138 Å². The summed E-state index contributed by atoms with van der Waals surface area (Å²) in [6.45, 7) is 3.29. The smallest absolute Gasteiger partial charge is 0.311 e. The topological polar surface area (TPSA) is 55.4 Å². The minimum Gasteiger partial charge on any atom is -0.452 e. The molecule has 0 radical (unpaired) electrons. The summed E-state index contributed by atoms with van der Waals surface area (Å²) in [6.07, 6.45) is -1.11. The molecule has 2 aromatic rings. The lowest BCUT2D eigenvalue weighted by molar-refractivity contribution is -0.152. The summed E-state index contributed by atoms with van der Waals surface area (Å²) in [5.41, 5.74) is 1.52. The zero-order valence-corrected chi connectivity index (χ0v) is 13.3. The van der Waals surface area contributed by atoms with Crippen molar-refractivity contribution in [3.8, 4) is 0 Å². The van der Waals surface area contributed by atoms with Crippen molar-refractivity contribution in [1.29, 1.82) is 0 Å². The predicted molar refractivity (Wildman–Crippen MR) is 85.4 cm³/mol. The van der Waals surface area contributed by atoms with Gasteiger partial charge in [0, 0.05) is 6.07 Å². The Morgan fingerprint density at radius 1 is 1.12 bits per heavy atom. The number of benzene rings is 2. The number of carbonyl (C=O) groups is 2. The maximum Gasteiger partial charge on any atom is 0.311 e. The van der Waals surface area contributed by atoms with E-state index in [-0.39, 0.29) is 12.1 Å². The molecule has 0 aliphatic rings. The van der Waals surface area contributed by atoms with E-state index in [9.17, 15) is 18.4 Å². The van der Waals surface area contributed by atoms with Crippen molar-refractivity contribution in [2.75, 3.05) is 5.32 Å². The van der Waals surface area contributed by atoms with E-state index >= 15 is 0 Å². The van der Waals surface area contributed by atoms with E-state index in [1.807, 2.05) is 19.1 Å². The fraction of sp³-hybridized carbons (Fsp3) is 0.222. The second-order valence-electron chi connectivity index (χ2n) is 5.41. The Kier molecular flexibility index (Phi) is 5.63. The highest BCUT2D eigenvalue weighted by atomic mass is 19.1. The number of hydrogen-bond donors (Lipinski definition) is 1. The van der Waals surface area contributed by atoms with Crippen molar-refractivity contribution in [3.63, 3.8) is 0 Å². The largest absolute Gasteiger partial charge is 0.452 e. The summed E-state index contributed by atoms with van der Waals surface area (Å²) < 4.78 is 31.6. The molecule has 1 atom stereocenters. The number of halogens is 2. The van der Waals surface area contributed by atoms with E-state index < -0.39 is 29.6 Å². The summed E-state index contributed by atoms with van der Waals surface area (Å²) in [4.78, 5) is 23.8. The molecule has 0 aromatic heterocycles. The minimum absolute atomic E-state index is 0.0201. The first-order valence-electron chi connectivity index (χ1n) is 7.36. The molecule has 1 amide bonds. The number of nitrogens with one attached hydrogen (secondary N) is 1. The Balaban J connectivity index is 1.92. The molecule has 6 heteroatoms. The van der Waals surface area contributed by atoms with Gasteiger partial charge in [-0.25, -0.2) is 8.78 Å². The molecule has 0 aliphatic carbocycles. The summed E-state index contributed by atoms with van der Waals surface area (Å²) in [7, 11) is 0. The molecule has 0 unspecified atom stereocenters. The molecule has 0 bridgehead atoms. The number of amides is 1. The van der Waals surface area contributed by atoms with Crippen LogP contribution in [0.4, 0.5) is 14.5 Å². The highest BCUT2D eigenvalue weighted by Gasteiger charge is 2.19. The zero-order chi connectivity index (χ0) is 17.7. The van der Waals surface area contributed by atoms with Gasteiger partial charge >= 0.3 is 5.97 Å². The van der Waals surface area contributed by atoms with Crippen LogP contribution in [-0.2, 0) is 20.7 Å². The molecular formula is C18H17F2NO3. The van der Waals surface area contributed by atoms with Crippen LogP contribution in [0.1, 0.15) is 18.1 Å². The molecule has 0 saturated heterocycles. The Morgan fingerprint density at radius 2 is 1.79 bits per heavy atom. The first-order chi connectivity index (χ1) is 11.3. The maximum atomic E-state index is 13.5. The SMILES string of the molecule is Cc1ccc(CC(=O)O[C@H](C)C(=O)Nc2cc(F)ccc2F)cc1. The van der Waals surface area contributed by atoms with Crippen molar-refractivity contribution >= 4 is 17.6 Å². The lowest BCUT2D eigenvalue weighted by atomic mass is 10.1. The Bertz CT molecular complexity index is 744. The van der Waals surface area contributed by atoms with E-state index in [2.05, 4.69) is 5.32 Å². The summed E-state index contributed by atoms with van der Waals surface area (Å²) in [5.74, 6) is -2.78. The third-order valence-electron chi connectivity index (χ3n) is 3.33. The van der Waals surface area contributed by atoms with Crippen LogP contribution in [0.25, 0.3) is 0 Å². The maximum absolute atomic E-state index is 13.5. The number of carbonyl (C=O) groups excluding carboxylic acids is 2. The van der Waals surface area contributed by atoms with Crippen LogP contribution in [0.5, 0.6) is 0 Å². The van der Waals surface area contributed by atoms with Crippen LogP contribution in [-0.4, -0.2) is 18.0 Å². The quantitative estimate of drug-likeness (QED) is 0.854. The third-order valence-corrected chi connectivity index (χ3v) is 3.33. The highest BCUT2D eigenvalue weighted by molar-refractivity contribution is 5.95. The second-order valence-corrected chi connectivity index (χ2v) is 5.41. The molecule has 126 valence electrons. The molecule has 1 N–H and O–H groups in total. The molecule has 0 saturated carbocycles. The molecule has 0 heterocycles. The predicted octanol–water partition coefficient (Wildman–Crippen LogP) is 3.39. The molecular weight excluding hydrogens is 316 g/mol. The van der Waals surface area contributed by atoms with E-state index in [4.69, 9.17) is 4.74 Å². The Morgan fingerprint density at radius 3 is 2.46 bits per heavy atom. The average molecular weight is 333 g/mol. The standard InChI is InChI=1S/C18H17F2NO3/c1-11-3-5-13(6-4-11)9-17(22)24-12(2)18(23)21-16-10-14(19)7-8-15(16)20/h3-8,10,12H,9H2,1-2H3,(H,21,23)/t12-/m1/s1. The van der Waals surface area contributed by atoms with Crippen molar-refractivity contribution in [2.45, 2.75) is 26.4 Å². The van der Waals surface area contributed by atoms with E-state index in [0.29, 0.717) is 0 Å². The van der Waals surface area contributed by atoms with Crippen LogP contribution in [0.2, 0.25) is 0 Å². The minimum atomic E-state index is -1.13. The first kappa shape index (κ1) is 17.6. The summed E-state index contributed by atoms with van der Waals surface area (Å²) in [6, 6.07) is 10.0. The van der Waals surface area contributed by atoms with Gasteiger partial charge in [-0.05, 0) is 31.5 Å². The molecule has 0 fully saturated rings. The zero-order valence-electron chi connectivity index (χ0n) is 13.3. The van der Waals surface area contributed by atoms with Gasteiger partial charge in [-0.3, -0.25) is 9.59 Å². The monoisotopic (exact) mass is 333 g/mol. The van der Waals surface area contributed by atoms with Gasteiger partial charge in [-0.2, -0.15) is 0 Å². The molecule has 4 nitrogen and oxygen atoms in total. The van der Waals surface area contributed by atoms with Crippen molar-refractivity contribution in [1.82, 2.24) is 0 Å². The lowest BCUT2D eigenvalue weighted by Crippen LogP contribution is -2.30. The van der Waals surface area contributed by atoms with Gasteiger partial charge in [-0.15, -0.1) is 0 Å². The Hall–Kier alpha value is -2.76. The number of aryl methyl sites for hydroxylation is 1. The molecule has 2 aromatic carbocycles. The van der Waals surface area contributed by atoms with Crippen molar-refractivity contribution in [2.24, 2.45) is 0 Å². The fourth-order valence-electron chi connectivity index (χ4n) is 1.99. The fourth-order valence-corrected chi connectivity index (χ4v) is 1.99. The van der Waals surface area contributed by atoms with Crippen LogP contribution in [0, 0.1) is 18.6 Å². The third kappa shape index (κ3) is 4.87. The lowest BCUT2D eigenvalue weighted by Gasteiger charge is -2.14. The summed E-state index contributed by atoms with van der Waals surface area (Å²) in [5, 5.41) is 2.20. The number of hydrogen-bond acceptors (Lipinski definition) is 3. The van der Waals surface area contributed by atoms with Gasteiger partial charge in [-0.1, -0.05) is 29.8 Å². The summed E-state index contributed by atoms with van der Waals surface area (Å²) >= 11 is 0. The van der Waals surface area contributed by atoms with Crippen LogP contribution >= 0.6 is 0 Å². The van der Waals surface area contributed by atoms with Crippen LogP contribution in [0.15, 0.2) is 42.5 Å². The number of anilines is 1. The highest BCUT2D eigenvalue weighted by Crippen LogP contribution is 2.16. The first-order valence-corrected chi connectivity index (χ1v) is 7.36. The van der Waals surface area contributed by atoms with Crippen molar-refractivity contribution in [3.05, 3.63) is 65.2 Å². The molecule has 2 rings (SSSR count). The number of rotatable bonds is 5. The van der Waals surface area contributed by atoms with Gasteiger partial charge in [0.15, 0.2) is 6.10 Å².